The van der Waals surface area contributed by atoms with Gasteiger partial charge in [-0.1, -0.05) is 0 Å². The van der Waals surface area contributed by atoms with Gasteiger partial charge in [0.2, 0.25) is 5.91 Å². The molecule has 0 spiro atoms. The van der Waals surface area contributed by atoms with Crippen LogP contribution in [0, 0.1) is 11.3 Å². The standard InChI is InChI=1S/C9H15N3O/c1-9(2)6-12(3)8(13)7(11-9)4-5-10/h7,11H,4,6H2,1-3H3. The van der Waals surface area contributed by atoms with Gasteiger partial charge in [-0.3, -0.25) is 10.1 Å². The predicted octanol–water partition coefficient (Wildman–Crippen LogP) is 0.109. The van der Waals surface area contributed by atoms with E-state index in [1.54, 1.807) is 11.9 Å². The van der Waals surface area contributed by atoms with E-state index in [4.69, 9.17) is 5.26 Å². The predicted molar refractivity (Wildman–Crippen MR) is 48.9 cm³/mol. The third kappa shape index (κ3) is 2.19. The highest BCUT2D eigenvalue weighted by Gasteiger charge is 2.35. The molecule has 13 heavy (non-hydrogen) atoms. The lowest BCUT2D eigenvalue weighted by Gasteiger charge is -2.40. The van der Waals surface area contributed by atoms with Crippen molar-refractivity contribution < 1.29 is 4.79 Å². The first-order valence-electron chi connectivity index (χ1n) is 4.36. The van der Waals surface area contributed by atoms with Crippen LogP contribution in [0.2, 0.25) is 0 Å². The molecule has 1 aliphatic rings. The summed E-state index contributed by atoms with van der Waals surface area (Å²) < 4.78 is 0. The Morgan fingerprint density at radius 3 is 2.92 bits per heavy atom. The van der Waals surface area contributed by atoms with Gasteiger partial charge in [0.1, 0.15) is 6.04 Å². The van der Waals surface area contributed by atoms with Crippen molar-refractivity contribution in [1.82, 2.24) is 10.2 Å². The molecule has 0 radical (unpaired) electrons. The van der Waals surface area contributed by atoms with E-state index in [1.165, 1.54) is 0 Å². The van der Waals surface area contributed by atoms with Crippen LogP contribution in [0.15, 0.2) is 0 Å². The van der Waals surface area contributed by atoms with Crippen LogP contribution in [0.1, 0.15) is 20.3 Å². The summed E-state index contributed by atoms with van der Waals surface area (Å²) in [5.74, 6) is 0.0147. The van der Waals surface area contributed by atoms with Crippen LogP contribution in [-0.4, -0.2) is 36.0 Å². The number of rotatable bonds is 1. The molecule has 1 heterocycles. The monoisotopic (exact) mass is 181 g/mol. The maximum absolute atomic E-state index is 11.5. The smallest absolute Gasteiger partial charge is 0.240 e. The van der Waals surface area contributed by atoms with Crippen molar-refractivity contribution in [3.63, 3.8) is 0 Å². The van der Waals surface area contributed by atoms with E-state index in [1.807, 2.05) is 19.9 Å². The molecule has 1 unspecified atom stereocenters. The molecule has 1 fully saturated rings. The van der Waals surface area contributed by atoms with Crippen LogP contribution in [0.4, 0.5) is 0 Å². The Labute approximate surface area is 78.5 Å². The van der Waals surface area contributed by atoms with Gasteiger partial charge in [0.05, 0.1) is 12.5 Å². The third-order valence-electron chi connectivity index (χ3n) is 2.17. The minimum Gasteiger partial charge on any atom is -0.343 e. The Morgan fingerprint density at radius 2 is 2.38 bits per heavy atom. The van der Waals surface area contributed by atoms with Gasteiger partial charge in [0, 0.05) is 19.1 Å². The summed E-state index contributed by atoms with van der Waals surface area (Å²) in [6.07, 6.45) is 0.243. The minimum atomic E-state index is -0.334. The second-order valence-electron chi connectivity index (χ2n) is 4.14. The van der Waals surface area contributed by atoms with Gasteiger partial charge in [-0.05, 0) is 13.8 Å². The molecule has 0 aliphatic carbocycles. The molecule has 0 saturated carbocycles. The van der Waals surface area contributed by atoms with E-state index in [0.29, 0.717) is 6.54 Å². The van der Waals surface area contributed by atoms with Crippen LogP contribution in [0.25, 0.3) is 0 Å². The Balaban J connectivity index is 2.74. The van der Waals surface area contributed by atoms with E-state index in [2.05, 4.69) is 5.32 Å². The zero-order valence-corrected chi connectivity index (χ0v) is 8.29. The molecule has 4 heteroatoms. The Hall–Kier alpha value is -1.08. The lowest BCUT2D eigenvalue weighted by molar-refractivity contribution is -0.136. The van der Waals surface area contributed by atoms with Crippen LogP contribution in [0.3, 0.4) is 0 Å². The topological polar surface area (TPSA) is 56.1 Å². The quantitative estimate of drug-likeness (QED) is 0.624. The van der Waals surface area contributed by atoms with Crippen molar-refractivity contribution in [3.8, 4) is 6.07 Å². The number of carbonyl (C=O) groups is 1. The fourth-order valence-corrected chi connectivity index (χ4v) is 1.75. The zero-order chi connectivity index (χ0) is 10.1. The van der Waals surface area contributed by atoms with Gasteiger partial charge >= 0.3 is 0 Å². The van der Waals surface area contributed by atoms with Crippen LogP contribution in [0.5, 0.6) is 0 Å². The molecule has 1 N–H and O–H groups in total. The van der Waals surface area contributed by atoms with Crippen molar-refractivity contribution in [3.05, 3.63) is 0 Å². The molecule has 1 rings (SSSR count). The Bertz CT molecular complexity index is 254. The van der Waals surface area contributed by atoms with Crippen molar-refractivity contribution >= 4 is 5.91 Å². The van der Waals surface area contributed by atoms with Crippen molar-refractivity contribution in [2.45, 2.75) is 31.8 Å². The molecule has 0 aromatic heterocycles. The summed E-state index contributed by atoms with van der Waals surface area (Å²) in [7, 11) is 1.77. The molecule has 1 aliphatic heterocycles. The number of hydrogen-bond acceptors (Lipinski definition) is 3. The minimum absolute atomic E-state index is 0.0147. The number of piperazine rings is 1. The van der Waals surface area contributed by atoms with Gasteiger partial charge in [-0.15, -0.1) is 0 Å². The van der Waals surface area contributed by atoms with Crippen molar-refractivity contribution in [2.75, 3.05) is 13.6 Å². The molecular formula is C9H15N3O. The summed E-state index contributed by atoms with van der Waals surface area (Å²) in [6.45, 7) is 4.74. The molecule has 0 aromatic rings. The number of nitrogens with zero attached hydrogens (tertiary/aromatic N) is 2. The maximum atomic E-state index is 11.5. The summed E-state index contributed by atoms with van der Waals surface area (Å²) in [6, 6.07) is 1.68. The zero-order valence-electron chi connectivity index (χ0n) is 8.29. The number of nitriles is 1. The van der Waals surface area contributed by atoms with Crippen molar-refractivity contribution in [1.29, 1.82) is 5.26 Å². The van der Waals surface area contributed by atoms with Gasteiger partial charge < -0.3 is 4.90 Å². The summed E-state index contributed by atoms with van der Waals surface area (Å²) in [5.41, 5.74) is -0.0931. The first kappa shape index (κ1) is 10.0. The van der Waals surface area contributed by atoms with E-state index in [0.717, 1.165) is 0 Å². The highest BCUT2D eigenvalue weighted by molar-refractivity contribution is 5.83. The SMILES string of the molecule is CN1CC(C)(C)NC(CC#N)C1=O. The van der Waals surface area contributed by atoms with E-state index < -0.39 is 0 Å². The van der Waals surface area contributed by atoms with E-state index >= 15 is 0 Å². The molecule has 0 bridgehead atoms. The fourth-order valence-electron chi connectivity index (χ4n) is 1.75. The highest BCUT2D eigenvalue weighted by Crippen LogP contribution is 2.14. The largest absolute Gasteiger partial charge is 0.343 e. The molecule has 4 nitrogen and oxygen atoms in total. The Morgan fingerprint density at radius 1 is 1.77 bits per heavy atom. The van der Waals surface area contributed by atoms with Gasteiger partial charge in [0.25, 0.3) is 0 Å². The van der Waals surface area contributed by atoms with E-state index in [-0.39, 0.29) is 23.9 Å². The number of amides is 1. The maximum Gasteiger partial charge on any atom is 0.240 e. The summed E-state index contributed by atoms with van der Waals surface area (Å²) >= 11 is 0. The average Bonchev–Trinajstić information content (AvgIpc) is 1.99. The van der Waals surface area contributed by atoms with Gasteiger partial charge in [-0.25, -0.2) is 0 Å². The van der Waals surface area contributed by atoms with Crippen LogP contribution >= 0.6 is 0 Å². The second kappa shape index (κ2) is 3.35. The summed E-state index contributed by atoms with van der Waals surface area (Å²) in [4.78, 5) is 13.2. The van der Waals surface area contributed by atoms with Crippen LogP contribution < -0.4 is 5.32 Å². The van der Waals surface area contributed by atoms with E-state index in [9.17, 15) is 4.79 Å². The number of carbonyl (C=O) groups excluding carboxylic acids is 1. The van der Waals surface area contributed by atoms with Gasteiger partial charge in [-0.2, -0.15) is 5.26 Å². The average molecular weight is 181 g/mol. The first-order chi connectivity index (χ1) is 5.96. The normalized spacial score (nSPS) is 27.1. The Kier molecular flexibility index (Phi) is 2.58. The highest BCUT2D eigenvalue weighted by atomic mass is 16.2. The third-order valence-corrected chi connectivity index (χ3v) is 2.17. The first-order valence-corrected chi connectivity index (χ1v) is 4.36. The second-order valence-corrected chi connectivity index (χ2v) is 4.14. The van der Waals surface area contributed by atoms with Crippen molar-refractivity contribution in [2.24, 2.45) is 0 Å². The summed E-state index contributed by atoms with van der Waals surface area (Å²) in [5, 5.41) is 11.7. The van der Waals surface area contributed by atoms with Crippen LogP contribution in [-0.2, 0) is 4.79 Å². The number of likely N-dealkylation sites (N-methyl/N-ethyl adjacent to an activating group) is 1. The van der Waals surface area contributed by atoms with Gasteiger partial charge in [0.15, 0.2) is 0 Å². The fraction of sp³-hybridized carbons (Fsp3) is 0.778. The molecular weight excluding hydrogens is 166 g/mol. The molecule has 72 valence electrons. The molecule has 1 atom stereocenters. The molecule has 0 aromatic carbocycles. The molecule has 1 saturated heterocycles. The number of nitrogens with one attached hydrogen (secondary N) is 1. The molecule has 1 amide bonds. The lowest BCUT2D eigenvalue weighted by atomic mass is 9.97. The lowest BCUT2D eigenvalue weighted by Crippen LogP contribution is -2.63. The number of hydrogen-bond donors (Lipinski definition) is 1.